The Kier molecular flexibility index (Phi) is 3.82. The van der Waals surface area contributed by atoms with Crippen molar-refractivity contribution in [2.75, 3.05) is 26.2 Å². The van der Waals surface area contributed by atoms with Crippen molar-refractivity contribution in [2.24, 2.45) is 5.41 Å². The average Bonchev–Trinajstić information content (AvgIpc) is 2.90. The molecule has 2 fully saturated rings. The maximum absolute atomic E-state index is 11.9. The fourth-order valence-electron chi connectivity index (χ4n) is 2.44. The minimum Gasteiger partial charge on any atom is -0.378 e. The molecule has 2 heterocycles. The molecule has 4 nitrogen and oxygen atoms in total. The molecule has 2 saturated heterocycles. The van der Waals surface area contributed by atoms with E-state index >= 15 is 0 Å². The van der Waals surface area contributed by atoms with Crippen LogP contribution in [0.3, 0.4) is 0 Å². The Bertz CT molecular complexity index is 243. The van der Waals surface area contributed by atoms with Crippen molar-refractivity contribution in [1.82, 2.24) is 10.6 Å². The molecule has 4 heteroatoms. The van der Waals surface area contributed by atoms with Gasteiger partial charge in [0.2, 0.25) is 5.91 Å². The molecule has 2 aliphatic rings. The van der Waals surface area contributed by atoms with E-state index in [-0.39, 0.29) is 11.3 Å². The van der Waals surface area contributed by atoms with E-state index in [1.54, 1.807) is 0 Å². The summed E-state index contributed by atoms with van der Waals surface area (Å²) in [5, 5.41) is 6.27. The van der Waals surface area contributed by atoms with E-state index in [4.69, 9.17) is 4.74 Å². The van der Waals surface area contributed by atoms with Gasteiger partial charge >= 0.3 is 0 Å². The normalized spacial score (nSPS) is 34.2. The van der Waals surface area contributed by atoms with Gasteiger partial charge in [0.05, 0.1) is 11.5 Å². The maximum atomic E-state index is 11.9. The molecule has 0 aliphatic carbocycles. The van der Waals surface area contributed by atoms with Crippen LogP contribution in [-0.2, 0) is 9.53 Å². The summed E-state index contributed by atoms with van der Waals surface area (Å²) in [6, 6.07) is 0. The Hall–Kier alpha value is -0.610. The third-order valence-corrected chi connectivity index (χ3v) is 3.69. The number of amides is 1. The van der Waals surface area contributed by atoms with Gasteiger partial charge in [-0.2, -0.15) is 0 Å². The Morgan fingerprint density at radius 1 is 1.62 bits per heavy atom. The molecule has 16 heavy (non-hydrogen) atoms. The van der Waals surface area contributed by atoms with Crippen molar-refractivity contribution in [3.8, 4) is 0 Å². The third kappa shape index (κ3) is 2.74. The first-order chi connectivity index (χ1) is 7.71. The lowest BCUT2D eigenvalue weighted by atomic mass is 9.89. The summed E-state index contributed by atoms with van der Waals surface area (Å²) in [5.74, 6) is 0.190. The van der Waals surface area contributed by atoms with E-state index in [0.29, 0.717) is 6.10 Å². The predicted molar refractivity (Wildman–Crippen MR) is 62.2 cm³/mol. The molecule has 2 atom stereocenters. The van der Waals surface area contributed by atoms with Crippen molar-refractivity contribution in [2.45, 2.75) is 38.7 Å². The lowest BCUT2D eigenvalue weighted by Gasteiger charge is -2.21. The Balaban J connectivity index is 1.67. The van der Waals surface area contributed by atoms with Crippen LogP contribution >= 0.6 is 0 Å². The molecule has 2 N–H and O–H groups in total. The van der Waals surface area contributed by atoms with E-state index in [1.807, 2.05) is 6.92 Å². The van der Waals surface area contributed by atoms with Crippen LogP contribution < -0.4 is 10.6 Å². The van der Waals surface area contributed by atoms with Gasteiger partial charge in [-0.1, -0.05) is 0 Å². The van der Waals surface area contributed by atoms with Crippen molar-refractivity contribution < 1.29 is 9.53 Å². The van der Waals surface area contributed by atoms with E-state index in [0.717, 1.165) is 45.5 Å². The molecule has 0 radical (unpaired) electrons. The molecule has 92 valence electrons. The molecular formula is C12H22N2O2. The van der Waals surface area contributed by atoms with Gasteiger partial charge in [-0.05, 0) is 39.2 Å². The minimum atomic E-state index is -0.198. The number of hydrogen-bond donors (Lipinski definition) is 2. The highest BCUT2D eigenvalue weighted by molar-refractivity contribution is 5.82. The first-order valence-corrected chi connectivity index (χ1v) is 6.31. The van der Waals surface area contributed by atoms with Crippen LogP contribution in [-0.4, -0.2) is 38.3 Å². The van der Waals surface area contributed by atoms with Gasteiger partial charge in [0, 0.05) is 19.7 Å². The van der Waals surface area contributed by atoms with Gasteiger partial charge in [-0.3, -0.25) is 4.79 Å². The summed E-state index contributed by atoms with van der Waals surface area (Å²) in [6.45, 7) is 5.43. The standard InChI is InChI=1S/C12H22N2O2/c1-12(5-7-13-9-12)11(15)14-6-4-10-3-2-8-16-10/h10,13H,2-9H2,1H3,(H,14,15). The lowest BCUT2D eigenvalue weighted by molar-refractivity contribution is -0.129. The fourth-order valence-corrected chi connectivity index (χ4v) is 2.44. The number of ether oxygens (including phenoxy) is 1. The molecule has 0 saturated carbocycles. The van der Waals surface area contributed by atoms with Crippen LogP contribution in [0.5, 0.6) is 0 Å². The molecule has 0 spiro atoms. The Morgan fingerprint density at radius 3 is 3.12 bits per heavy atom. The summed E-state index contributed by atoms with van der Waals surface area (Å²) in [4.78, 5) is 11.9. The summed E-state index contributed by atoms with van der Waals surface area (Å²) in [7, 11) is 0. The molecule has 0 bridgehead atoms. The van der Waals surface area contributed by atoms with Gasteiger partial charge in [-0.25, -0.2) is 0 Å². The Morgan fingerprint density at radius 2 is 2.50 bits per heavy atom. The van der Waals surface area contributed by atoms with E-state index in [1.165, 1.54) is 6.42 Å². The van der Waals surface area contributed by atoms with Crippen LogP contribution in [0.25, 0.3) is 0 Å². The van der Waals surface area contributed by atoms with Gasteiger partial charge < -0.3 is 15.4 Å². The minimum absolute atomic E-state index is 0.190. The zero-order chi connectivity index (χ0) is 11.4. The average molecular weight is 226 g/mol. The predicted octanol–water partition coefficient (Wildman–Crippen LogP) is 0.671. The molecular weight excluding hydrogens is 204 g/mol. The molecule has 2 unspecified atom stereocenters. The van der Waals surface area contributed by atoms with E-state index < -0.39 is 0 Å². The lowest BCUT2D eigenvalue weighted by Crippen LogP contribution is -2.41. The highest BCUT2D eigenvalue weighted by Gasteiger charge is 2.35. The summed E-state index contributed by atoms with van der Waals surface area (Å²) < 4.78 is 5.52. The van der Waals surface area contributed by atoms with Gasteiger partial charge in [-0.15, -0.1) is 0 Å². The van der Waals surface area contributed by atoms with Crippen LogP contribution in [0.15, 0.2) is 0 Å². The monoisotopic (exact) mass is 226 g/mol. The van der Waals surface area contributed by atoms with Crippen LogP contribution in [0.1, 0.15) is 32.6 Å². The number of nitrogens with one attached hydrogen (secondary N) is 2. The SMILES string of the molecule is CC1(C(=O)NCCC2CCCO2)CCNC1. The molecule has 2 aliphatic heterocycles. The zero-order valence-electron chi connectivity index (χ0n) is 10.1. The molecule has 0 aromatic rings. The van der Waals surface area contributed by atoms with Crippen LogP contribution in [0, 0.1) is 5.41 Å². The van der Waals surface area contributed by atoms with Gasteiger partial charge in [0.15, 0.2) is 0 Å². The molecule has 2 rings (SSSR count). The largest absolute Gasteiger partial charge is 0.378 e. The molecule has 1 amide bonds. The highest BCUT2D eigenvalue weighted by atomic mass is 16.5. The smallest absolute Gasteiger partial charge is 0.227 e. The molecule has 0 aromatic carbocycles. The molecule has 0 aromatic heterocycles. The van der Waals surface area contributed by atoms with E-state index in [9.17, 15) is 4.79 Å². The maximum Gasteiger partial charge on any atom is 0.227 e. The van der Waals surface area contributed by atoms with Crippen molar-refractivity contribution in [3.05, 3.63) is 0 Å². The van der Waals surface area contributed by atoms with Crippen molar-refractivity contribution >= 4 is 5.91 Å². The second-order valence-electron chi connectivity index (χ2n) is 5.17. The first kappa shape index (κ1) is 11.9. The van der Waals surface area contributed by atoms with Crippen molar-refractivity contribution in [3.63, 3.8) is 0 Å². The first-order valence-electron chi connectivity index (χ1n) is 6.31. The summed E-state index contributed by atoms with van der Waals surface area (Å²) in [6.07, 6.45) is 4.58. The van der Waals surface area contributed by atoms with Crippen LogP contribution in [0.4, 0.5) is 0 Å². The van der Waals surface area contributed by atoms with Gasteiger partial charge in [0.25, 0.3) is 0 Å². The second-order valence-corrected chi connectivity index (χ2v) is 5.17. The van der Waals surface area contributed by atoms with Crippen molar-refractivity contribution in [1.29, 1.82) is 0 Å². The fraction of sp³-hybridized carbons (Fsp3) is 0.917. The Labute approximate surface area is 97.1 Å². The highest BCUT2D eigenvalue weighted by Crippen LogP contribution is 2.24. The summed E-state index contributed by atoms with van der Waals surface area (Å²) in [5.41, 5.74) is -0.198. The second kappa shape index (κ2) is 5.15. The zero-order valence-corrected chi connectivity index (χ0v) is 10.1. The summed E-state index contributed by atoms with van der Waals surface area (Å²) >= 11 is 0. The number of carbonyl (C=O) groups excluding carboxylic acids is 1. The number of carbonyl (C=O) groups is 1. The van der Waals surface area contributed by atoms with Gasteiger partial charge in [0.1, 0.15) is 0 Å². The topological polar surface area (TPSA) is 50.4 Å². The quantitative estimate of drug-likeness (QED) is 0.741. The number of hydrogen-bond acceptors (Lipinski definition) is 3. The number of rotatable bonds is 4. The third-order valence-electron chi connectivity index (χ3n) is 3.69. The van der Waals surface area contributed by atoms with E-state index in [2.05, 4.69) is 10.6 Å². The van der Waals surface area contributed by atoms with Crippen LogP contribution in [0.2, 0.25) is 0 Å².